The number of hydrogen-bond donors (Lipinski definition) is 1. The minimum atomic E-state index is -4.57. The molecule has 0 heterocycles. The van der Waals surface area contributed by atoms with Crippen molar-refractivity contribution in [3.63, 3.8) is 0 Å². The molecule has 0 saturated carbocycles. The Morgan fingerprint density at radius 2 is 1.68 bits per heavy atom. The number of carbonyl (C=O) groups excluding carboxylic acids is 1. The van der Waals surface area contributed by atoms with E-state index < -0.39 is 27.5 Å². The maximum atomic E-state index is 13.5. The number of esters is 1. The number of rotatable bonds is 10. The average Bonchev–Trinajstić information content (AvgIpc) is 2.86. The van der Waals surface area contributed by atoms with Gasteiger partial charge in [-0.1, -0.05) is 23.7 Å². The molecule has 37 heavy (non-hydrogen) atoms. The van der Waals surface area contributed by atoms with Crippen LogP contribution < -0.4 is 10.1 Å². The van der Waals surface area contributed by atoms with E-state index in [0.29, 0.717) is 27.5 Å². The first-order valence-electron chi connectivity index (χ1n) is 11.1. The summed E-state index contributed by atoms with van der Waals surface area (Å²) in [6.07, 6.45) is -4.59. The summed E-state index contributed by atoms with van der Waals surface area (Å²) in [4.78, 5) is 11.8. The molecule has 0 saturated heterocycles. The molecule has 0 amide bonds. The third-order valence-corrected chi connectivity index (χ3v) is 7.58. The van der Waals surface area contributed by atoms with Crippen molar-refractivity contribution in [1.29, 1.82) is 0 Å². The molecular weight excluding hydrogens is 531 g/mol. The van der Waals surface area contributed by atoms with E-state index in [1.165, 1.54) is 44.6 Å². The Morgan fingerprint density at radius 1 is 0.973 bits per heavy atom. The Bertz CT molecular complexity index is 1360. The van der Waals surface area contributed by atoms with Crippen molar-refractivity contribution in [2.75, 3.05) is 26.5 Å². The number of alkyl halides is 3. The van der Waals surface area contributed by atoms with Crippen LogP contribution in [0.25, 0.3) is 11.1 Å². The highest BCUT2D eigenvalue weighted by Gasteiger charge is 2.31. The van der Waals surface area contributed by atoms with Crippen LogP contribution in [0.4, 0.5) is 13.2 Å². The molecule has 0 unspecified atom stereocenters. The van der Waals surface area contributed by atoms with Gasteiger partial charge in [-0.25, -0.2) is 8.42 Å². The van der Waals surface area contributed by atoms with Crippen molar-refractivity contribution in [2.24, 2.45) is 0 Å². The van der Waals surface area contributed by atoms with Gasteiger partial charge in [-0.3, -0.25) is 4.79 Å². The zero-order chi connectivity index (χ0) is 27.2. The van der Waals surface area contributed by atoms with E-state index in [2.05, 4.69) is 5.32 Å². The summed E-state index contributed by atoms with van der Waals surface area (Å²) < 4.78 is 75.7. The molecule has 0 radical (unpaired) electrons. The van der Waals surface area contributed by atoms with E-state index in [4.69, 9.17) is 21.1 Å². The number of nitrogens with one attached hydrogen (secondary N) is 1. The molecule has 0 aliphatic carbocycles. The maximum absolute atomic E-state index is 13.5. The van der Waals surface area contributed by atoms with Crippen molar-refractivity contribution in [3.8, 4) is 16.9 Å². The number of ether oxygens (including phenoxy) is 2. The molecule has 0 aromatic heterocycles. The van der Waals surface area contributed by atoms with Crippen LogP contribution >= 0.6 is 11.6 Å². The van der Waals surface area contributed by atoms with Gasteiger partial charge < -0.3 is 14.8 Å². The lowest BCUT2D eigenvalue weighted by atomic mass is 9.94. The van der Waals surface area contributed by atoms with Crippen LogP contribution in [0.15, 0.2) is 65.6 Å². The number of benzene rings is 3. The molecule has 0 aliphatic rings. The van der Waals surface area contributed by atoms with Crippen LogP contribution in [-0.4, -0.2) is 40.9 Å². The zero-order valence-electron chi connectivity index (χ0n) is 20.1. The summed E-state index contributed by atoms with van der Waals surface area (Å²) in [6, 6.07) is 14.0. The number of carbonyl (C=O) groups is 1. The number of halogens is 4. The highest BCUT2D eigenvalue weighted by atomic mass is 35.5. The van der Waals surface area contributed by atoms with Gasteiger partial charge >= 0.3 is 12.1 Å². The SMILES string of the molecule is COC(=O)Cc1ccc(OC)c(-c2ccc(C(F)(F)F)cc2CNCCS(=O)(=O)c2ccc(Cl)cc2)c1. The fourth-order valence-electron chi connectivity index (χ4n) is 3.68. The molecule has 3 rings (SSSR count). The molecule has 0 spiro atoms. The second-order valence-electron chi connectivity index (χ2n) is 8.11. The quantitative estimate of drug-likeness (QED) is 0.270. The van der Waals surface area contributed by atoms with E-state index in [1.54, 1.807) is 18.2 Å². The van der Waals surface area contributed by atoms with Crippen LogP contribution in [0.1, 0.15) is 16.7 Å². The topological polar surface area (TPSA) is 81.7 Å². The molecule has 6 nitrogen and oxygen atoms in total. The van der Waals surface area contributed by atoms with Crippen LogP contribution in [0, 0.1) is 0 Å². The van der Waals surface area contributed by atoms with Crippen molar-refractivity contribution in [1.82, 2.24) is 5.32 Å². The monoisotopic (exact) mass is 555 g/mol. The second kappa shape index (κ2) is 12.0. The Labute approximate surface area is 218 Å². The van der Waals surface area contributed by atoms with Gasteiger partial charge in [0.1, 0.15) is 5.75 Å². The van der Waals surface area contributed by atoms with Gasteiger partial charge in [0.2, 0.25) is 0 Å². The molecular formula is C26H25ClF3NO5S. The second-order valence-corrected chi connectivity index (χ2v) is 10.7. The van der Waals surface area contributed by atoms with Crippen molar-refractivity contribution < 1.29 is 35.9 Å². The summed E-state index contributed by atoms with van der Waals surface area (Å²) in [7, 11) is -0.924. The molecule has 1 N–H and O–H groups in total. The Balaban J connectivity index is 1.89. The van der Waals surface area contributed by atoms with Crippen molar-refractivity contribution in [2.45, 2.75) is 24.0 Å². The summed E-state index contributed by atoms with van der Waals surface area (Å²) in [5.74, 6) is -0.326. The molecule has 3 aromatic rings. The average molecular weight is 556 g/mol. The number of hydrogen-bond acceptors (Lipinski definition) is 6. The third-order valence-electron chi connectivity index (χ3n) is 5.60. The van der Waals surface area contributed by atoms with E-state index in [0.717, 1.165) is 12.1 Å². The highest BCUT2D eigenvalue weighted by Crippen LogP contribution is 2.37. The first-order valence-corrected chi connectivity index (χ1v) is 13.1. The van der Waals surface area contributed by atoms with E-state index in [9.17, 15) is 26.4 Å². The molecule has 0 fully saturated rings. The summed E-state index contributed by atoms with van der Waals surface area (Å²) >= 11 is 5.81. The standard InChI is InChI=1S/C26H25ClF3NO5S/c1-35-24-10-3-17(14-25(32)36-2)13-23(24)22-9-4-19(26(28,29)30)15-18(22)16-31-11-12-37(33,34)21-7-5-20(27)6-8-21/h3-10,13,15,31H,11-12,14,16H2,1-2H3. The molecule has 0 atom stereocenters. The van der Waals surface area contributed by atoms with E-state index >= 15 is 0 Å². The van der Waals surface area contributed by atoms with Gasteiger partial charge in [0.05, 0.1) is 36.9 Å². The van der Waals surface area contributed by atoms with E-state index in [-0.39, 0.29) is 35.7 Å². The summed E-state index contributed by atoms with van der Waals surface area (Å²) in [5, 5.41) is 3.34. The lowest BCUT2D eigenvalue weighted by Gasteiger charge is -2.17. The molecule has 198 valence electrons. The minimum absolute atomic E-state index is 0.000159. The normalized spacial score (nSPS) is 11.8. The maximum Gasteiger partial charge on any atom is 0.416 e. The Hall–Kier alpha value is -3.08. The molecule has 0 aliphatic heterocycles. The number of sulfone groups is 1. The van der Waals surface area contributed by atoms with Crippen LogP contribution in [-0.2, 0) is 38.5 Å². The minimum Gasteiger partial charge on any atom is -0.496 e. The number of methoxy groups -OCH3 is 2. The van der Waals surface area contributed by atoms with Crippen molar-refractivity contribution in [3.05, 3.63) is 82.4 Å². The fourth-order valence-corrected chi connectivity index (χ4v) is 5.01. The van der Waals surface area contributed by atoms with Crippen LogP contribution in [0.3, 0.4) is 0 Å². The predicted molar refractivity (Wildman–Crippen MR) is 134 cm³/mol. The van der Waals surface area contributed by atoms with Crippen molar-refractivity contribution >= 4 is 27.4 Å². The lowest BCUT2D eigenvalue weighted by molar-refractivity contribution is -0.140. The Kier molecular flexibility index (Phi) is 9.22. The van der Waals surface area contributed by atoms with Gasteiger partial charge in [-0.05, 0) is 65.2 Å². The highest BCUT2D eigenvalue weighted by molar-refractivity contribution is 7.91. The Morgan fingerprint density at radius 3 is 2.30 bits per heavy atom. The predicted octanol–water partition coefficient (Wildman–Crippen LogP) is 5.31. The zero-order valence-corrected chi connectivity index (χ0v) is 21.6. The molecule has 0 bridgehead atoms. The fraction of sp³-hybridized carbons (Fsp3) is 0.269. The smallest absolute Gasteiger partial charge is 0.416 e. The molecule has 3 aromatic carbocycles. The lowest BCUT2D eigenvalue weighted by Crippen LogP contribution is -2.23. The summed E-state index contributed by atoms with van der Waals surface area (Å²) in [6.45, 7) is -0.0417. The van der Waals surface area contributed by atoms with Crippen LogP contribution in [0.5, 0.6) is 5.75 Å². The molecule has 11 heteroatoms. The van der Waals surface area contributed by atoms with Gasteiger partial charge in [0.25, 0.3) is 0 Å². The largest absolute Gasteiger partial charge is 0.496 e. The van der Waals surface area contributed by atoms with Gasteiger partial charge in [0, 0.05) is 23.7 Å². The van der Waals surface area contributed by atoms with Gasteiger partial charge in [0.15, 0.2) is 9.84 Å². The van der Waals surface area contributed by atoms with Crippen LogP contribution in [0.2, 0.25) is 5.02 Å². The van der Waals surface area contributed by atoms with E-state index in [1.807, 2.05) is 0 Å². The van der Waals surface area contributed by atoms with Gasteiger partial charge in [-0.2, -0.15) is 13.2 Å². The summed E-state index contributed by atoms with van der Waals surface area (Å²) in [5.41, 5.74) is 0.974. The first kappa shape index (κ1) is 28.5. The van der Waals surface area contributed by atoms with Gasteiger partial charge in [-0.15, -0.1) is 0 Å². The first-order chi connectivity index (χ1) is 17.4. The third kappa shape index (κ3) is 7.47.